The molecule has 1 aliphatic carbocycles. The van der Waals surface area contributed by atoms with E-state index in [-0.39, 0.29) is 5.69 Å². The van der Waals surface area contributed by atoms with Crippen LogP contribution in [0.25, 0.3) is 0 Å². The lowest BCUT2D eigenvalue weighted by Gasteiger charge is -2.26. The van der Waals surface area contributed by atoms with E-state index in [1.54, 1.807) is 0 Å². The van der Waals surface area contributed by atoms with Crippen LogP contribution < -0.4 is 11.0 Å². The minimum atomic E-state index is 0.180. The molecule has 4 nitrogen and oxygen atoms in total. The van der Waals surface area contributed by atoms with E-state index in [1.165, 1.54) is 12.8 Å². The highest BCUT2D eigenvalue weighted by Gasteiger charge is 2.26. The summed E-state index contributed by atoms with van der Waals surface area (Å²) in [6.45, 7) is 2.99. The molecule has 3 rings (SSSR count). The highest BCUT2D eigenvalue weighted by molar-refractivity contribution is 4.92. The molecule has 1 N–H and O–H groups in total. The van der Waals surface area contributed by atoms with Crippen LogP contribution in [0.4, 0.5) is 0 Å². The molecule has 14 heavy (non-hydrogen) atoms. The van der Waals surface area contributed by atoms with Crippen LogP contribution in [0, 0.1) is 5.92 Å². The van der Waals surface area contributed by atoms with Gasteiger partial charge in [0.05, 0.1) is 0 Å². The second-order valence-electron chi connectivity index (χ2n) is 4.40. The minimum absolute atomic E-state index is 0.180. The maximum Gasteiger partial charge on any atom is 0.328 e. The average molecular weight is 193 g/mol. The third kappa shape index (κ3) is 1.30. The van der Waals surface area contributed by atoms with Gasteiger partial charge in [0.1, 0.15) is 0 Å². The molecule has 1 aliphatic heterocycles. The van der Waals surface area contributed by atoms with Crippen LogP contribution in [0.3, 0.4) is 0 Å². The van der Waals surface area contributed by atoms with Crippen LogP contribution in [0.2, 0.25) is 0 Å². The molecule has 0 atom stereocenters. The summed E-state index contributed by atoms with van der Waals surface area (Å²) >= 11 is 0. The van der Waals surface area contributed by atoms with Gasteiger partial charge in [0, 0.05) is 44.0 Å². The van der Waals surface area contributed by atoms with Crippen molar-refractivity contribution in [2.75, 3.05) is 13.1 Å². The first-order valence-corrected chi connectivity index (χ1v) is 5.32. The Labute approximate surface area is 82.5 Å². The molecule has 0 unspecified atom stereocenters. The highest BCUT2D eigenvalue weighted by atomic mass is 16.1. The maximum absolute atomic E-state index is 11.8. The number of hydrogen-bond donors (Lipinski definition) is 1. The molecule has 76 valence electrons. The number of nitrogens with one attached hydrogen (secondary N) is 1. The highest BCUT2D eigenvalue weighted by Crippen LogP contribution is 2.33. The summed E-state index contributed by atoms with van der Waals surface area (Å²) in [6.07, 6.45) is 6.22. The number of imidazole rings is 1. The molecular formula is C10H15N3O. The zero-order valence-electron chi connectivity index (χ0n) is 8.15. The van der Waals surface area contributed by atoms with Gasteiger partial charge < -0.3 is 5.32 Å². The molecule has 2 heterocycles. The normalized spacial score (nSPS) is 22.3. The molecular weight excluding hydrogens is 178 g/mol. The fourth-order valence-corrected chi connectivity index (χ4v) is 1.95. The molecule has 0 amide bonds. The Morgan fingerprint density at radius 2 is 2.14 bits per heavy atom. The zero-order chi connectivity index (χ0) is 9.54. The molecule has 1 saturated carbocycles. The van der Waals surface area contributed by atoms with Crippen LogP contribution in [0.15, 0.2) is 17.2 Å². The van der Waals surface area contributed by atoms with Crippen LogP contribution >= 0.6 is 0 Å². The van der Waals surface area contributed by atoms with Crippen molar-refractivity contribution in [1.82, 2.24) is 14.5 Å². The van der Waals surface area contributed by atoms with E-state index >= 15 is 0 Å². The van der Waals surface area contributed by atoms with Crippen molar-refractivity contribution in [1.29, 1.82) is 0 Å². The molecule has 0 radical (unpaired) electrons. The Kier molecular flexibility index (Phi) is 1.77. The first-order valence-electron chi connectivity index (χ1n) is 5.32. The van der Waals surface area contributed by atoms with Gasteiger partial charge in [-0.3, -0.25) is 9.13 Å². The Morgan fingerprint density at radius 1 is 1.36 bits per heavy atom. The Balaban J connectivity index is 1.79. The lowest BCUT2D eigenvalue weighted by molar-refractivity contribution is 0.302. The van der Waals surface area contributed by atoms with Crippen molar-refractivity contribution in [3.63, 3.8) is 0 Å². The van der Waals surface area contributed by atoms with Gasteiger partial charge in [0.15, 0.2) is 0 Å². The maximum atomic E-state index is 11.8. The first kappa shape index (κ1) is 8.29. The Hall–Kier alpha value is -1.03. The summed E-state index contributed by atoms with van der Waals surface area (Å²) in [7, 11) is 0. The van der Waals surface area contributed by atoms with E-state index in [0.29, 0.717) is 12.0 Å². The second-order valence-corrected chi connectivity index (χ2v) is 4.40. The summed E-state index contributed by atoms with van der Waals surface area (Å²) in [5, 5.41) is 3.22. The molecule has 1 aromatic heterocycles. The predicted molar refractivity (Wildman–Crippen MR) is 53.3 cm³/mol. The standard InChI is InChI=1S/C10H15N3O/c14-10-12(7-8-5-11-6-8)3-4-13(10)9-1-2-9/h3-4,8-9,11H,1-2,5-7H2. The van der Waals surface area contributed by atoms with E-state index in [9.17, 15) is 4.79 Å². The Bertz CT molecular complexity index is 384. The van der Waals surface area contributed by atoms with Crippen LogP contribution in [0.1, 0.15) is 18.9 Å². The van der Waals surface area contributed by atoms with Gasteiger partial charge in [0.2, 0.25) is 0 Å². The van der Waals surface area contributed by atoms with Crippen molar-refractivity contribution in [2.24, 2.45) is 5.92 Å². The van der Waals surface area contributed by atoms with Crippen LogP contribution in [-0.4, -0.2) is 22.2 Å². The number of aromatic nitrogens is 2. The van der Waals surface area contributed by atoms with Crippen molar-refractivity contribution in [3.8, 4) is 0 Å². The second kappa shape index (κ2) is 2.98. The quantitative estimate of drug-likeness (QED) is 0.745. The monoisotopic (exact) mass is 193 g/mol. The lowest BCUT2D eigenvalue weighted by Crippen LogP contribution is -2.45. The van der Waals surface area contributed by atoms with E-state index in [0.717, 1.165) is 19.6 Å². The average Bonchev–Trinajstić information content (AvgIpc) is 2.86. The summed E-state index contributed by atoms with van der Waals surface area (Å²) < 4.78 is 3.73. The van der Waals surface area contributed by atoms with Gasteiger partial charge in [-0.2, -0.15) is 0 Å². The van der Waals surface area contributed by atoms with Crippen molar-refractivity contribution < 1.29 is 0 Å². The van der Waals surface area contributed by atoms with E-state index in [1.807, 2.05) is 21.5 Å². The number of nitrogens with zero attached hydrogens (tertiary/aromatic N) is 2. The van der Waals surface area contributed by atoms with Crippen LogP contribution in [-0.2, 0) is 6.54 Å². The predicted octanol–water partition coefficient (Wildman–Crippen LogP) is 0.204. The molecule has 0 aromatic carbocycles. The minimum Gasteiger partial charge on any atom is -0.316 e. The van der Waals surface area contributed by atoms with E-state index < -0.39 is 0 Å². The fraction of sp³-hybridized carbons (Fsp3) is 0.700. The fourth-order valence-electron chi connectivity index (χ4n) is 1.95. The largest absolute Gasteiger partial charge is 0.328 e. The molecule has 4 heteroatoms. The van der Waals surface area contributed by atoms with Gasteiger partial charge in [-0.1, -0.05) is 0 Å². The molecule has 0 spiro atoms. The number of hydrogen-bond acceptors (Lipinski definition) is 2. The molecule has 1 aromatic rings. The van der Waals surface area contributed by atoms with Gasteiger partial charge in [-0.15, -0.1) is 0 Å². The van der Waals surface area contributed by atoms with Gasteiger partial charge in [-0.05, 0) is 12.8 Å². The summed E-state index contributed by atoms with van der Waals surface area (Å²) in [4.78, 5) is 11.8. The zero-order valence-corrected chi connectivity index (χ0v) is 8.15. The summed E-state index contributed by atoms with van der Waals surface area (Å²) in [5.74, 6) is 0.655. The molecule has 1 saturated heterocycles. The molecule has 0 bridgehead atoms. The SMILES string of the molecule is O=c1n(CC2CNC2)ccn1C1CC1. The van der Waals surface area contributed by atoms with E-state index in [4.69, 9.17) is 0 Å². The van der Waals surface area contributed by atoms with Gasteiger partial charge in [0.25, 0.3) is 0 Å². The lowest BCUT2D eigenvalue weighted by atomic mass is 10.0. The number of rotatable bonds is 3. The van der Waals surface area contributed by atoms with E-state index in [2.05, 4.69) is 5.32 Å². The summed E-state index contributed by atoms with van der Waals surface area (Å²) in [6, 6.07) is 0.503. The van der Waals surface area contributed by atoms with Crippen molar-refractivity contribution in [2.45, 2.75) is 25.4 Å². The van der Waals surface area contributed by atoms with Gasteiger partial charge in [-0.25, -0.2) is 4.79 Å². The van der Waals surface area contributed by atoms with Crippen molar-refractivity contribution in [3.05, 3.63) is 22.9 Å². The van der Waals surface area contributed by atoms with Gasteiger partial charge >= 0.3 is 5.69 Å². The van der Waals surface area contributed by atoms with Crippen molar-refractivity contribution >= 4 is 0 Å². The molecule has 2 fully saturated rings. The summed E-state index contributed by atoms with van der Waals surface area (Å²) in [5.41, 5.74) is 0.180. The first-order chi connectivity index (χ1) is 6.84. The Morgan fingerprint density at radius 3 is 2.71 bits per heavy atom. The third-order valence-corrected chi connectivity index (χ3v) is 3.13. The third-order valence-electron chi connectivity index (χ3n) is 3.13. The van der Waals surface area contributed by atoms with Crippen LogP contribution in [0.5, 0.6) is 0 Å². The topological polar surface area (TPSA) is 39.0 Å². The molecule has 2 aliphatic rings. The smallest absolute Gasteiger partial charge is 0.316 e.